The lowest BCUT2D eigenvalue weighted by Gasteiger charge is -2.23. The molecule has 0 radical (unpaired) electrons. The van der Waals surface area contributed by atoms with Gasteiger partial charge in [0.1, 0.15) is 6.04 Å². The summed E-state index contributed by atoms with van der Waals surface area (Å²) in [7, 11) is 1.39. The summed E-state index contributed by atoms with van der Waals surface area (Å²) in [6.45, 7) is 4.64. The van der Waals surface area contributed by atoms with Gasteiger partial charge in [0, 0.05) is 24.6 Å². The summed E-state index contributed by atoms with van der Waals surface area (Å²) in [6, 6.07) is -1.33. The van der Waals surface area contributed by atoms with Crippen molar-refractivity contribution in [3.63, 3.8) is 0 Å². The summed E-state index contributed by atoms with van der Waals surface area (Å²) in [4.78, 5) is 12.1. The van der Waals surface area contributed by atoms with Gasteiger partial charge in [0.05, 0.1) is 12.6 Å². The van der Waals surface area contributed by atoms with E-state index in [1.165, 1.54) is 13.2 Å². The highest BCUT2D eigenvalue weighted by Gasteiger charge is 2.37. The van der Waals surface area contributed by atoms with Gasteiger partial charge in [0.2, 0.25) is 5.91 Å². The van der Waals surface area contributed by atoms with Gasteiger partial charge >= 0.3 is 6.18 Å². The molecule has 0 aliphatic rings. The summed E-state index contributed by atoms with van der Waals surface area (Å²) >= 11 is 6.02. The van der Waals surface area contributed by atoms with E-state index in [4.69, 9.17) is 22.1 Å². The number of aromatic nitrogens is 2. The first kappa shape index (κ1) is 22.6. The molecule has 1 aromatic rings. The van der Waals surface area contributed by atoms with Crippen molar-refractivity contribution in [1.82, 2.24) is 15.5 Å². The van der Waals surface area contributed by atoms with Gasteiger partial charge in [-0.1, -0.05) is 32.4 Å². The lowest BCUT2D eigenvalue weighted by molar-refractivity contribution is -0.147. The minimum absolute atomic E-state index is 0.0165. The summed E-state index contributed by atoms with van der Waals surface area (Å²) in [5.41, 5.74) is 4.78. The molecule has 0 aromatic carbocycles. The molecule has 148 valence electrons. The van der Waals surface area contributed by atoms with E-state index in [1.807, 2.05) is 0 Å². The van der Waals surface area contributed by atoms with Gasteiger partial charge in [0.15, 0.2) is 11.0 Å². The van der Waals surface area contributed by atoms with Crippen LogP contribution < -0.4 is 16.4 Å². The Morgan fingerprint density at radius 3 is 2.46 bits per heavy atom. The van der Waals surface area contributed by atoms with Crippen molar-refractivity contribution < 1.29 is 22.7 Å². The lowest BCUT2D eigenvalue weighted by atomic mass is 9.96. The Balaban J connectivity index is 3.00. The van der Waals surface area contributed by atoms with Crippen LogP contribution in [0.4, 0.5) is 19.0 Å². The number of hydrogen-bond acceptors (Lipinski definition) is 6. The average molecular weight is 398 g/mol. The van der Waals surface area contributed by atoms with E-state index in [9.17, 15) is 18.0 Å². The van der Waals surface area contributed by atoms with E-state index in [0.717, 1.165) is 0 Å². The van der Waals surface area contributed by atoms with Gasteiger partial charge in [-0.3, -0.25) is 4.79 Å². The number of carbonyl (C=O) groups is 1. The van der Waals surface area contributed by atoms with E-state index in [1.54, 1.807) is 20.8 Å². The molecule has 0 spiro atoms. The number of halogens is 4. The Kier molecular flexibility index (Phi) is 7.75. The number of hydrogen-bond donors (Lipinski definition) is 3. The molecule has 4 N–H and O–H groups in total. The predicted molar refractivity (Wildman–Crippen MR) is 91.8 cm³/mol. The number of alkyl halides is 3. The van der Waals surface area contributed by atoms with Gasteiger partial charge in [-0.15, -0.1) is 10.2 Å². The predicted octanol–water partition coefficient (Wildman–Crippen LogP) is 2.28. The zero-order valence-electron chi connectivity index (χ0n) is 14.9. The number of amides is 1. The summed E-state index contributed by atoms with van der Waals surface area (Å²) in [6.07, 6.45) is -4.53. The van der Waals surface area contributed by atoms with Crippen LogP contribution in [0.5, 0.6) is 0 Å². The topological polar surface area (TPSA) is 102 Å². The molecular weight excluding hydrogens is 375 g/mol. The van der Waals surface area contributed by atoms with Crippen molar-refractivity contribution in [3.8, 4) is 0 Å². The molecule has 1 rings (SSSR count). The number of methoxy groups -OCH3 is 1. The first-order chi connectivity index (χ1) is 11.9. The van der Waals surface area contributed by atoms with Crippen LogP contribution >= 0.6 is 11.6 Å². The van der Waals surface area contributed by atoms with Crippen LogP contribution in [0.2, 0.25) is 5.15 Å². The molecule has 26 heavy (non-hydrogen) atoms. The Bertz CT molecular complexity index is 622. The Morgan fingerprint density at radius 2 is 1.96 bits per heavy atom. The van der Waals surface area contributed by atoms with E-state index < -0.39 is 30.2 Å². The molecule has 2 atom stereocenters. The molecule has 0 aliphatic carbocycles. The molecule has 0 fully saturated rings. The third kappa shape index (κ3) is 6.67. The van der Waals surface area contributed by atoms with E-state index >= 15 is 0 Å². The number of nitrogens with zero attached hydrogens (tertiary/aromatic N) is 2. The summed E-state index contributed by atoms with van der Waals surface area (Å²) in [5, 5.41) is 12.8. The molecule has 1 unspecified atom stereocenters. The molecule has 1 heterocycles. The fourth-order valence-corrected chi connectivity index (χ4v) is 2.03. The van der Waals surface area contributed by atoms with Crippen molar-refractivity contribution in [2.45, 2.75) is 39.0 Å². The molecular formula is C15H23ClF3N5O2. The second kappa shape index (κ2) is 8.94. The van der Waals surface area contributed by atoms with Crippen LogP contribution in [-0.4, -0.2) is 48.6 Å². The highest BCUT2D eigenvalue weighted by molar-refractivity contribution is 6.30. The number of nitrogens with one attached hydrogen (secondary N) is 2. The van der Waals surface area contributed by atoms with Crippen LogP contribution in [0.25, 0.3) is 0 Å². The first-order valence-corrected chi connectivity index (χ1v) is 8.13. The largest absolute Gasteiger partial charge is 0.404 e. The van der Waals surface area contributed by atoms with Crippen LogP contribution in [0, 0.1) is 5.41 Å². The SMILES string of the molecule is COCC(NC[C@H](N)C(F)(F)F)c1cc(NC(=O)C(C)(C)C)nnc1Cl. The second-order valence-corrected chi connectivity index (χ2v) is 7.10. The highest BCUT2D eigenvalue weighted by Crippen LogP contribution is 2.25. The second-order valence-electron chi connectivity index (χ2n) is 6.74. The Hall–Kier alpha value is -1.49. The Labute approximate surface area is 154 Å². The Morgan fingerprint density at radius 1 is 1.35 bits per heavy atom. The first-order valence-electron chi connectivity index (χ1n) is 7.75. The van der Waals surface area contributed by atoms with E-state index in [-0.39, 0.29) is 23.5 Å². The van der Waals surface area contributed by atoms with Crippen molar-refractivity contribution in [2.24, 2.45) is 11.1 Å². The minimum atomic E-state index is -4.53. The fraction of sp³-hybridized carbons (Fsp3) is 0.667. The molecule has 11 heteroatoms. The van der Waals surface area contributed by atoms with Gasteiger partial charge in [0.25, 0.3) is 0 Å². The van der Waals surface area contributed by atoms with Gasteiger partial charge in [-0.25, -0.2) is 0 Å². The minimum Gasteiger partial charge on any atom is -0.383 e. The molecule has 7 nitrogen and oxygen atoms in total. The summed E-state index contributed by atoms with van der Waals surface area (Å²) in [5.74, 6) is -0.164. The lowest BCUT2D eigenvalue weighted by Crippen LogP contribution is -2.46. The van der Waals surface area contributed by atoms with Gasteiger partial charge in [-0.2, -0.15) is 13.2 Å². The maximum Gasteiger partial charge on any atom is 0.404 e. The maximum atomic E-state index is 12.6. The van der Waals surface area contributed by atoms with Crippen LogP contribution in [-0.2, 0) is 9.53 Å². The van der Waals surface area contributed by atoms with Crippen LogP contribution in [0.1, 0.15) is 32.4 Å². The highest BCUT2D eigenvalue weighted by atomic mass is 35.5. The van der Waals surface area contributed by atoms with Crippen molar-refractivity contribution in [1.29, 1.82) is 0 Å². The quantitative estimate of drug-likeness (QED) is 0.652. The molecule has 1 aromatic heterocycles. The van der Waals surface area contributed by atoms with Crippen LogP contribution in [0.15, 0.2) is 6.07 Å². The monoisotopic (exact) mass is 397 g/mol. The number of nitrogens with two attached hydrogens (primary N) is 1. The molecule has 0 bridgehead atoms. The number of anilines is 1. The fourth-order valence-electron chi connectivity index (χ4n) is 1.81. The number of carbonyl (C=O) groups excluding carboxylic acids is 1. The third-order valence-corrected chi connectivity index (χ3v) is 3.71. The summed E-state index contributed by atoms with van der Waals surface area (Å²) < 4.78 is 42.8. The van der Waals surface area contributed by atoms with Gasteiger partial charge in [-0.05, 0) is 6.07 Å². The molecule has 1 amide bonds. The normalized spacial score (nSPS) is 14.8. The van der Waals surface area contributed by atoms with Crippen molar-refractivity contribution in [3.05, 3.63) is 16.8 Å². The number of rotatable bonds is 7. The molecule has 0 saturated carbocycles. The molecule has 0 saturated heterocycles. The smallest absolute Gasteiger partial charge is 0.383 e. The van der Waals surface area contributed by atoms with Crippen molar-refractivity contribution >= 4 is 23.3 Å². The van der Waals surface area contributed by atoms with E-state index in [0.29, 0.717) is 5.56 Å². The van der Waals surface area contributed by atoms with Gasteiger partial charge < -0.3 is 21.1 Å². The third-order valence-electron chi connectivity index (χ3n) is 3.41. The molecule has 0 aliphatic heterocycles. The van der Waals surface area contributed by atoms with Crippen LogP contribution in [0.3, 0.4) is 0 Å². The zero-order chi connectivity index (χ0) is 20.1. The standard InChI is InChI=1S/C15H23ClF3N5O2/c1-14(2,3)13(25)22-11-5-8(12(16)24-23-11)9(7-26-4)21-6-10(20)15(17,18)19/h5,9-10,21H,6-7,20H2,1-4H3,(H,22,23,25)/t9?,10-/m0/s1. The van der Waals surface area contributed by atoms with E-state index in [2.05, 4.69) is 20.8 Å². The maximum absolute atomic E-state index is 12.6. The zero-order valence-corrected chi connectivity index (χ0v) is 15.7. The van der Waals surface area contributed by atoms with Crippen molar-refractivity contribution in [2.75, 3.05) is 25.6 Å². The average Bonchev–Trinajstić information content (AvgIpc) is 2.51. The number of ether oxygens (including phenoxy) is 1.